The van der Waals surface area contributed by atoms with Crippen molar-refractivity contribution in [3.05, 3.63) is 59.7 Å². The van der Waals surface area contributed by atoms with Crippen LogP contribution in [0.5, 0.6) is 5.75 Å². The number of amides is 1. The number of phenolic OH excluding ortho intramolecular Hbond substituents is 1. The van der Waals surface area contributed by atoms with Crippen LogP contribution in [0.4, 0.5) is 5.69 Å². The number of nitrogen functional groups attached to an aromatic ring is 1. The lowest BCUT2D eigenvalue weighted by Gasteiger charge is -2.18. The van der Waals surface area contributed by atoms with Crippen LogP contribution in [0.15, 0.2) is 48.5 Å². The van der Waals surface area contributed by atoms with Gasteiger partial charge in [-0.3, -0.25) is 4.79 Å². The van der Waals surface area contributed by atoms with Crippen molar-refractivity contribution in [3.8, 4) is 5.75 Å². The van der Waals surface area contributed by atoms with Gasteiger partial charge in [0.2, 0.25) is 5.91 Å². The number of aliphatic carboxylic acids is 1. The molecule has 7 nitrogen and oxygen atoms in total. The van der Waals surface area contributed by atoms with Crippen molar-refractivity contribution >= 4 is 17.6 Å². The van der Waals surface area contributed by atoms with E-state index in [1.165, 1.54) is 12.1 Å². The first kappa shape index (κ1) is 18.3. The van der Waals surface area contributed by atoms with Gasteiger partial charge in [0.25, 0.3) is 0 Å². The molecule has 132 valence electrons. The first-order chi connectivity index (χ1) is 11.8. The number of rotatable bonds is 7. The predicted molar refractivity (Wildman–Crippen MR) is 93.9 cm³/mol. The average Bonchev–Trinajstić information content (AvgIpc) is 2.58. The number of carboxylic acids is 1. The zero-order chi connectivity index (χ0) is 18.4. The van der Waals surface area contributed by atoms with E-state index in [0.717, 1.165) is 11.1 Å². The second-order valence-corrected chi connectivity index (χ2v) is 5.82. The fourth-order valence-electron chi connectivity index (χ4n) is 2.35. The maximum atomic E-state index is 12.2. The molecule has 2 aromatic rings. The molecule has 7 heteroatoms. The minimum Gasteiger partial charge on any atom is -0.508 e. The van der Waals surface area contributed by atoms with Crippen molar-refractivity contribution in [2.75, 3.05) is 5.73 Å². The molecule has 0 radical (unpaired) electrons. The monoisotopic (exact) mass is 343 g/mol. The molecule has 2 rings (SSSR count). The van der Waals surface area contributed by atoms with Gasteiger partial charge in [0, 0.05) is 12.1 Å². The van der Waals surface area contributed by atoms with Crippen LogP contribution in [0, 0.1) is 0 Å². The van der Waals surface area contributed by atoms with Crippen molar-refractivity contribution in [2.45, 2.75) is 24.9 Å². The molecule has 0 aromatic heterocycles. The Morgan fingerprint density at radius 2 is 1.48 bits per heavy atom. The van der Waals surface area contributed by atoms with Gasteiger partial charge in [-0.15, -0.1) is 0 Å². The average molecular weight is 343 g/mol. The molecular weight excluding hydrogens is 322 g/mol. The molecule has 0 bridgehead atoms. The summed E-state index contributed by atoms with van der Waals surface area (Å²) in [4.78, 5) is 23.6. The Bertz CT molecular complexity index is 729. The minimum atomic E-state index is -1.14. The standard InChI is InChI=1S/C18H21N3O4/c19-13-5-1-12(2-6-13)10-16(18(24)25)21-17(23)15(20)9-11-3-7-14(22)8-4-11/h1-8,15-16,22H,9-10,19-20H2,(H,21,23)(H,24,25)/t15-,16-/m0/s1. The summed E-state index contributed by atoms with van der Waals surface area (Å²) >= 11 is 0. The topological polar surface area (TPSA) is 139 Å². The van der Waals surface area contributed by atoms with Crippen molar-refractivity contribution in [1.29, 1.82) is 0 Å². The van der Waals surface area contributed by atoms with Crippen molar-refractivity contribution in [2.24, 2.45) is 5.73 Å². The van der Waals surface area contributed by atoms with Crippen LogP contribution < -0.4 is 16.8 Å². The normalized spacial score (nSPS) is 13.0. The lowest BCUT2D eigenvalue weighted by Crippen LogP contribution is -2.50. The summed E-state index contributed by atoms with van der Waals surface area (Å²) in [6.07, 6.45) is 0.369. The largest absolute Gasteiger partial charge is 0.508 e. The Morgan fingerprint density at radius 1 is 0.960 bits per heavy atom. The van der Waals surface area contributed by atoms with E-state index in [0.29, 0.717) is 5.69 Å². The number of anilines is 1. The van der Waals surface area contributed by atoms with Gasteiger partial charge in [0.1, 0.15) is 11.8 Å². The molecule has 25 heavy (non-hydrogen) atoms. The van der Waals surface area contributed by atoms with Gasteiger partial charge in [0.15, 0.2) is 0 Å². The van der Waals surface area contributed by atoms with Crippen LogP contribution in [0.25, 0.3) is 0 Å². The molecule has 2 atom stereocenters. The van der Waals surface area contributed by atoms with E-state index in [9.17, 15) is 19.8 Å². The van der Waals surface area contributed by atoms with Crippen molar-refractivity contribution in [3.63, 3.8) is 0 Å². The molecule has 0 aliphatic rings. The third-order valence-electron chi connectivity index (χ3n) is 3.76. The van der Waals surface area contributed by atoms with Gasteiger partial charge < -0.3 is 27.0 Å². The number of carbonyl (C=O) groups is 2. The molecule has 0 spiro atoms. The number of nitrogens with one attached hydrogen (secondary N) is 1. The van der Waals surface area contributed by atoms with Gasteiger partial charge in [-0.2, -0.15) is 0 Å². The van der Waals surface area contributed by atoms with E-state index in [1.807, 2.05) is 0 Å². The highest BCUT2D eigenvalue weighted by Gasteiger charge is 2.23. The number of nitrogens with two attached hydrogens (primary N) is 2. The van der Waals surface area contributed by atoms with Crippen LogP contribution >= 0.6 is 0 Å². The van der Waals surface area contributed by atoms with Gasteiger partial charge in [0.05, 0.1) is 6.04 Å². The second kappa shape index (κ2) is 8.16. The van der Waals surface area contributed by atoms with E-state index in [1.54, 1.807) is 36.4 Å². The SMILES string of the molecule is Nc1ccc(C[C@H](NC(=O)[C@@H](N)Cc2ccc(O)cc2)C(=O)O)cc1. The summed E-state index contributed by atoms with van der Waals surface area (Å²) in [5.41, 5.74) is 13.6. The molecule has 0 saturated heterocycles. The molecule has 0 aliphatic carbocycles. The molecule has 7 N–H and O–H groups in total. The van der Waals surface area contributed by atoms with E-state index in [-0.39, 0.29) is 18.6 Å². The van der Waals surface area contributed by atoms with Crippen LogP contribution in [-0.4, -0.2) is 34.2 Å². The van der Waals surface area contributed by atoms with Crippen molar-refractivity contribution < 1.29 is 19.8 Å². The van der Waals surface area contributed by atoms with E-state index in [4.69, 9.17) is 11.5 Å². The highest BCUT2D eigenvalue weighted by atomic mass is 16.4. The second-order valence-electron chi connectivity index (χ2n) is 5.82. The lowest BCUT2D eigenvalue weighted by molar-refractivity contribution is -0.141. The minimum absolute atomic E-state index is 0.121. The van der Waals surface area contributed by atoms with Crippen LogP contribution in [0.2, 0.25) is 0 Å². The van der Waals surface area contributed by atoms with Crippen LogP contribution in [0.1, 0.15) is 11.1 Å². The zero-order valence-corrected chi connectivity index (χ0v) is 13.6. The first-order valence-electron chi connectivity index (χ1n) is 7.76. The van der Waals surface area contributed by atoms with Crippen molar-refractivity contribution in [1.82, 2.24) is 5.32 Å². The molecule has 0 heterocycles. The maximum Gasteiger partial charge on any atom is 0.326 e. The van der Waals surface area contributed by atoms with Gasteiger partial charge >= 0.3 is 5.97 Å². The number of benzene rings is 2. The summed E-state index contributed by atoms with van der Waals surface area (Å²) in [7, 11) is 0. The maximum absolute atomic E-state index is 12.2. The first-order valence-corrected chi connectivity index (χ1v) is 7.76. The zero-order valence-electron chi connectivity index (χ0n) is 13.6. The quantitative estimate of drug-likeness (QED) is 0.468. The molecule has 1 amide bonds. The van der Waals surface area contributed by atoms with E-state index >= 15 is 0 Å². The number of aromatic hydroxyl groups is 1. The summed E-state index contributed by atoms with van der Waals surface area (Å²) in [5.74, 6) is -1.56. The molecule has 0 aliphatic heterocycles. The third-order valence-corrected chi connectivity index (χ3v) is 3.76. The number of carboxylic acid groups (broad SMARTS) is 1. The number of hydrogen-bond acceptors (Lipinski definition) is 5. The number of hydrogen-bond donors (Lipinski definition) is 5. The molecule has 2 aromatic carbocycles. The van der Waals surface area contributed by atoms with Gasteiger partial charge in [-0.05, 0) is 41.8 Å². The lowest BCUT2D eigenvalue weighted by atomic mass is 10.0. The molecular formula is C18H21N3O4. The Balaban J connectivity index is 1.97. The summed E-state index contributed by atoms with van der Waals surface area (Å²) < 4.78 is 0. The molecule has 0 saturated carbocycles. The Morgan fingerprint density at radius 3 is 2.04 bits per heavy atom. The fraction of sp³-hybridized carbons (Fsp3) is 0.222. The molecule has 0 unspecified atom stereocenters. The highest BCUT2D eigenvalue weighted by Crippen LogP contribution is 2.11. The smallest absolute Gasteiger partial charge is 0.326 e. The summed E-state index contributed by atoms with van der Waals surface area (Å²) in [6.45, 7) is 0. The predicted octanol–water partition coefficient (Wildman–Crippen LogP) is 0.656. The summed E-state index contributed by atoms with van der Waals surface area (Å²) in [5, 5.41) is 21.1. The third kappa shape index (κ3) is 5.50. The van der Waals surface area contributed by atoms with Crippen LogP contribution in [0.3, 0.4) is 0 Å². The van der Waals surface area contributed by atoms with E-state index < -0.39 is 24.0 Å². The van der Waals surface area contributed by atoms with Crippen LogP contribution in [-0.2, 0) is 22.4 Å². The Hall–Kier alpha value is -3.06. The molecule has 0 fully saturated rings. The highest BCUT2D eigenvalue weighted by molar-refractivity contribution is 5.87. The van der Waals surface area contributed by atoms with E-state index in [2.05, 4.69) is 5.32 Å². The van der Waals surface area contributed by atoms with Gasteiger partial charge in [-0.25, -0.2) is 4.79 Å². The fourth-order valence-corrected chi connectivity index (χ4v) is 2.35. The Labute approximate surface area is 145 Å². The summed E-state index contributed by atoms with van der Waals surface area (Å²) in [6, 6.07) is 11.1. The Kier molecular flexibility index (Phi) is 5.97. The van der Waals surface area contributed by atoms with Gasteiger partial charge in [-0.1, -0.05) is 24.3 Å². The number of phenols is 1. The number of carbonyl (C=O) groups excluding carboxylic acids is 1.